The van der Waals surface area contributed by atoms with Crippen molar-refractivity contribution in [1.29, 1.82) is 0 Å². The van der Waals surface area contributed by atoms with Gasteiger partial charge in [-0.1, -0.05) is 171 Å². The van der Waals surface area contributed by atoms with E-state index in [9.17, 15) is 0 Å². The molecule has 2 aliphatic heterocycles. The van der Waals surface area contributed by atoms with E-state index < -0.39 is 5.41 Å². The average Bonchev–Trinajstić information content (AvgIpc) is 3.86. The minimum Gasteiger partial charge on any atom is -0.461 e. The van der Waals surface area contributed by atoms with E-state index in [4.69, 9.17) is 9.47 Å². The second-order valence-corrected chi connectivity index (χ2v) is 20.0. The number of anilines is 3. The molecule has 0 bridgehead atoms. The molecule has 1 saturated carbocycles. The Morgan fingerprint density at radius 1 is 0.478 bits per heavy atom. The van der Waals surface area contributed by atoms with Crippen molar-refractivity contribution >= 4 is 27.8 Å². The first-order valence-corrected chi connectivity index (χ1v) is 25.0. The fraction of sp³-hybridized carbons (Fsp3) is 0.152. The molecule has 9 aromatic rings. The minimum absolute atomic E-state index is 0.316. The Bertz CT molecular complexity index is 3630. The van der Waals surface area contributed by atoms with Crippen molar-refractivity contribution in [2.45, 2.75) is 55.3 Å². The van der Waals surface area contributed by atoms with Gasteiger partial charge < -0.3 is 14.4 Å². The van der Waals surface area contributed by atoms with Gasteiger partial charge in [-0.3, -0.25) is 0 Å². The molecule has 0 N–H and O–H groups in total. The number of fused-ring (bicyclic) bond motifs is 18. The number of hydrogen-bond donors (Lipinski definition) is 0. The van der Waals surface area contributed by atoms with E-state index in [-0.39, 0.29) is 5.41 Å². The van der Waals surface area contributed by atoms with E-state index in [1.807, 2.05) is 0 Å². The molecule has 69 heavy (non-hydrogen) atoms. The van der Waals surface area contributed by atoms with Gasteiger partial charge in [0.2, 0.25) is 0 Å². The van der Waals surface area contributed by atoms with Crippen LogP contribution in [0.15, 0.2) is 224 Å². The molecule has 2 heterocycles. The van der Waals surface area contributed by atoms with Gasteiger partial charge in [0.1, 0.15) is 23.0 Å². The van der Waals surface area contributed by atoms with Gasteiger partial charge in [0.15, 0.2) is 0 Å². The maximum atomic E-state index is 6.91. The van der Waals surface area contributed by atoms with Crippen LogP contribution in [0, 0.1) is 5.92 Å². The van der Waals surface area contributed by atoms with E-state index in [1.54, 1.807) is 0 Å². The number of benzene rings is 9. The maximum Gasteiger partial charge on any atom is 0.132 e. The van der Waals surface area contributed by atoms with Crippen molar-refractivity contribution in [1.82, 2.24) is 0 Å². The van der Waals surface area contributed by atoms with Crippen LogP contribution in [-0.4, -0.2) is 0 Å². The Labute approximate surface area is 403 Å². The molecule has 3 atom stereocenters. The molecule has 0 saturated heterocycles. The van der Waals surface area contributed by atoms with E-state index in [1.165, 1.54) is 103 Å². The lowest BCUT2D eigenvalue weighted by Crippen LogP contribution is -2.41. The van der Waals surface area contributed by atoms with E-state index >= 15 is 0 Å². The van der Waals surface area contributed by atoms with Gasteiger partial charge >= 0.3 is 0 Å². The largest absolute Gasteiger partial charge is 0.461 e. The summed E-state index contributed by atoms with van der Waals surface area (Å²) in [5.41, 5.74) is 18.0. The number of hydrogen-bond acceptors (Lipinski definition) is 3. The minimum atomic E-state index is -0.586. The number of nitrogens with zero attached hydrogens (tertiary/aromatic N) is 1. The van der Waals surface area contributed by atoms with Gasteiger partial charge in [0, 0.05) is 45.3 Å². The third-order valence-electron chi connectivity index (χ3n) is 16.8. The Hall–Kier alpha value is -7.88. The molecule has 3 heteroatoms. The molecule has 0 aromatic heterocycles. The summed E-state index contributed by atoms with van der Waals surface area (Å²) in [6.45, 7) is 0. The van der Waals surface area contributed by atoms with Crippen molar-refractivity contribution in [2.24, 2.45) is 5.92 Å². The number of para-hydroxylation sites is 4. The van der Waals surface area contributed by atoms with E-state index in [2.05, 4.69) is 217 Å². The SMILES string of the molecule is C1=CC2=C(CC1)Oc1ccccc1C21c2cc(N(c3ccccc3-c3ccccc3)c3cccc4cc5c(cc34)C3(c4ccccc4Oc4ccccc43)c3ccccc3-5)ccc2C2CCCCC21. The molecular formula is C66H49NO2. The fourth-order valence-electron chi connectivity index (χ4n) is 14.3. The number of ether oxygens (including phenoxy) is 2. The number of allylic oxidation sites excluding steroid dienone is 4. The highest BCUT2D eigenvalue weighted by Gasteiger charge is 2.59. The summed E-state index contributed by atoms with van der Waals surface area (Å²) in [4.78, 5) is 2.59. The first-order valence-electron chi connectivity index (χ1n) is 25.0. The highest BCUT2D eigenvalue weighted by molar-refractivity contribution is 6.05. The third kappa shape index (κ3) is 5.28. The van der Waals surface area contributed by atoms with Crippen LogP contribution in [0.2, 0.25) is 0 Å². The fourth-order valence-corrected chi connectivity index (χ4v) is 14.3. The predicted molar refractivity (Wildman–Crippen MR) is 279 cm³/mol. The first kappa shape index (κ1) is 39.1. The van der Waals surface area contributed by atoms with Crippen molar-refractivity contribution < 1.29 is 9.47 Å². The van der Waals surface area contributed by atoms with Crippen LogP contribution in [0.25, 0.3) is 33.0 Å². The van der Waals surface area contributed by atoms with Gasteiger partial charge in [0.05, 0.1) is 22.2 Å². The highest BCUT2D eigenvalue weighted by Crippen LogP contribution is 2.67. The first-order chi connectivity index (χ1) is 34.2. The molecule has 4 aliphatic carbocycles. The van der Waals surface area contributed by atoms with Crippen molar-refractivity contribution in [3.8, 4) is 39.5 Å². The zero-order valence-electron chi connectivity index (χ0n) is 38.4. The van der Waals surface area contributed by atoms with Crippen LogP contribution < -0.4 is 14.4 Å². The lowest BCUT2D eigenvalue weighted by atomic mass is 9.58. The summed E-state index contributed by atoms with van der Waals surface area (Å²) in [6, 6.07) is 74.9. The lowest BCUT2D eigenvalue weighted by molar-refractivity contribution is 0.237. The second kappa shape index (κ2) is 14.8. The summed E-state index contributed by atoms with van der Waals surface area (Å²) >= 11 is 0. The Morgan fingerprint density at radius 3 is 1.96 bits per heavy atom. The van der Waals surface area contributed by atoms with E-state index in [0.717, 1.165) is 52.9 Å². The standard InChI is InChI=1S/C66H49NO2/c1-2-19-42(20-3-1)45-22-6-13-31-59(45)67(44-37-38-48-46-23-4-7-25-51(46)65(57(48)40-44)53-27-9-14-33-61(53)68-62-34-15-10-28-54(62)65)60-32-18-21-43-39-50-47-24-5-8-26-52(47)66(58(50)41-49(43)60)55-29-11-16-35-63(55)69-64-36-17-12-30-56(64)66/h1-3,5-6,8-14,16-22,24,26-33,35-41,46,51H,4,7,15,23,25,34H2. The zero-order chi connectivity index (χ0) is 45.3. The molecule has 0 amide bonds. The van der Waals surface area contributed by atoms with Crippen LogP contribution in [0.1, 0.15) is 83.4 Å². The van der Waals surface area contributed by atoms with Gasteiger partial charge in [-0.25, -0.2) is 0 Å². The zero-order valence-corrected chi connectivity index (χ0v) is 38.4. The predicted octanol–water partition coefficient (Wildman–Crippen LogP) is 17.0. The molecule has 6 aliphatic rings. The monoisotopic (exact) mass is 887 g/mol. The maximum absolute atomic E-state index is 6.91. The third-order valence-corrected chi connectivity index (χ3v) is 16.8. The van der Waals surface area contributed by atoms with Crippen LogP contribution in [0.5, 0.6) is 17.2 Å². The molecule has 15 rings (SSSR count). The van der Waals surface area contributed by atoms with Gasteiger partial charge in [-0.15, -0.1) is 0 Å². The Morgan fingerprint density at radius 2 is 1.14 bits per heavy atom. The normalized spacial score (nSPS) is 20.4. The van der Waals surface area contributed by atoms with Crippen molar-refractivity contribution in [3.05, 3.63) is 263 Å². The van der Waals surface area contributed by atoms with Crippen LogP contribution >= 0.6 is 0 Å². The molecule has 2 spiro atoms. The van der Waals surface area contributed by atoms with Crippen LogP contribution in [-0.2, 0) is 10.8 Å². The van der Waals surface area contributed by atoms with Crippen molar-refractivity contribution in [3.63, 3.8) is 0 Å². The lowest BCUT2D eigenvalue weighted by Gasteiger charge is -2.46. The molecule has 0 radical (unpaired) electrons. The molecular weight excluding hydrogens is 839 g/mol. The van der Waals surface area contributed by atoms with Gasteiger partial charge in [-0.2, -0.15) is 0 Å². The van der Waals surface area contributed by atoms with Gasteiger partial charge in [0.25, 0.3) is 0 Å². The topological polar surface area (TPSA) is 21.7 Å². The molecule has 3 nitrogen and oxygen atoms in total. The molecule has 3 unspecified atom stereocenters. The van der Waals surface area contributed by atoms with Crippen LogP contribution in [0.4, 0.5) is 17.1 Å². The summed E-state index contributed by atoms with van der Waals surface area (Å²) in [7, 11) is 0. The highest BCUT2D eigenvalue weighted by atomic mass is 16.5. The Balaban J connectivity index is 1.03. The van der Waals surface area contributed by atoms with E-state index in [0.29, 0.717) is 11.8 Å². The number of rotatable bonds is 4. The smallest absolute Gasteiger partial charge is 0.132 e. The van der Waals surface area contributed by atoms with Crippen LogP contribution in [0.3, 0.4) is 0 Å². The molecule has 9 aromatic carbocycles. The summed E-state index contributed by atoms with van der Waals surface area (Å²) in [6.07, 6.45) is 11.7. The summed E-state index contributed by atoms with van der Waals surface area (Å²) in [5.74, 6) is 4.90. The molecule has 1 fully saturated rings. The second-order valence-electron chi connectivity index (χ2n) is 20.0. The average molecular weight is 888 g/mol. The quantitative estimate of drug-likeness (QED) is 0.176. The molecule has 330 valence electrons. The summed E-state index contributed by atoms with van der Waals surface area (Å²) in [5, 5.41) is 2.41. The van der Waals surface area contributed by atoms with Gasteiger partial charge in [-0.05, 0) is 130 Å². The van der Waals surface area contributed by atoms with Crippen molar-refractivity contribution in [2.75, 3.05) is 4.90 Å². The Kier molecular flexibility index (Phi) is 8.40. The summed E-state index contributed by atoms with van der Waals surface area (Å²) < 4.78 is 13.7.